The first-order chi connectivity index (χ1) is 12.8. The number of rotatable bonds is 4. The standard InChI is InChI=1S/C22H26N4/c1-24-12-14-25(15-13-24)10-5-11-26-16-18-17-6-2-3-7-19(17)23-20-8-4-9-21(26)22(18)20/h2-4,6-9H,5,10-16H2,1H3. The molecular formula is C22H26N4. The molecule has 0 spiro atoms. The molecule has 2 aliphatic heterocycles. The Kier molecular flexibility index (Phi) is 4.03. The number of para-hydroxylation sites is 1. The van der Waals surface area contributed by atoms with Crippen molar-refractivity contribution in [1.29, 1.82) is 0 Å². The molecule has 3 aromatic rings. The van der Waals surface area contributed by atoms with E-state index in [-0.39, 0.29) is 0 Å². The molecule has 1 fully saturated rings. The van der Waals surface area contributed by atoms with Crippen LogP contribution < -0.4 is 4.90 Å². The van der Waals surface area contributed by atoms with Crippen LogP contribution in [-0.4, -0.2) is 61.1 Å². The third-order valence-electron chi connectivity index (χ3n) is 5.98. The van der Waals surface area contributed by atoms with Crippen LogP contribution in [0.1, 0.15) is 12.0 Å². The molecule has 0 bridgehead atoms. The fraction of sp³-hybridized carbons (Fsp3) is 0.409. The number of pyridine rings is 1. The molecule has 0 unspecified atom stereocenters. The van der Waals surface area contributed by atoms with Gasteiger partial charge in [0.1, 0.15) is 0 Å². The van der Waals surface area contributed by atoms with Crippen LogP contribution in [0.15, 0.2) is 42.5 Å². The van der Waals surface area contributed by atoms with Crippen LogP contribution in [0.2, 0.25) is 0 Å². The summed E-state index contributed by atoms with van der Waals surface area (Å²) in [4.78, 5) is 12.5. The molecule has 4 heteroatoms. The number of benzene rings is 2. The maximum absolute atomic E-state index is 4.90. The number of likely N-dealkylation sites (N-methyl/N-ethyl adjacent to an activating group) is 1. The summed E-state index contributed by atoms with van der Waals surface area (Å²) in [5, 5.41) is 2.68. The van der Waals surface area contributed by atoms with Gasteiger partial charge >= 0.3 is 0 Å². The maximum Gasteiger partial charge on any atom is 0.0734 e. The molecule has 1 saturated heterocycles. The minimum atomic E-state index is 1.02. The van der Waals surface area contributed by atoms with E-state index in [1.54, 1.807) is 0 Å². The molecule has 0 aliphatic carbocycles. The first-order valence-electron chi connectivity index (χ1n) is 9.76. The highest BCUT2D eigenvalue weighted by molar-refractivity contribution is 6.06. The molecule has 2 aromatic carbocycles. The van der Waals surface area contributed by atoms with Gasteiger partial charge in [0.25, 0.3) is 0 Å². The molecule has 0 saturated carbocycles. The van der Waals surface area contributed by atoms with Gasteiger partial charge < -0.3 is 14.7 Å². The average molecular weight is 346 g/mol. The molecule has 0 radical (unpaired) electrons. The topological polar surface area (TPSA) is 22.6 Å². The molecule has 1 aromatic heterocycles. The summed E-state index contributed by atoms with van der Waals surface area (Å²) in [6.07, 6.45) is 1.22. The largest absolute Gasteiger partial charge is 0.367 e. The van der Waals surface area contributed by atoms with Crippen molar-refractivity contribution in [3.8, 4) is 0 Å². The second-order valence-electron chi connectivity index (χ2n) is 7.70. The molecule has 4 nitrogen and oxygen atoms in total. The predicted molar refractivity (Wildman–Crippen MR) is 109 cm³/mol. The third-order valence-corrected chi connectivity index (χ3v) is 5.98. The van der Waals surface area contributed by atoms with Gasteiger partial charge in [-0.05, 0) is 43.8 Å². The van der Waals surface area contributed by atoms with Gasteiger partial charge in [-0.2, -0.15) is 0 Å². The van der Waals surface area contributed by atoms with E-state index in [4.69, 9.17) is 4.98 Å². The molecule has 134 valence electrons. The lowest BCUT2D eigenvalue weighted by Gasteiger charge is -2.32. The highest BCUT2D eigenvalue weighted by Gasteiger charge is 2.24. The number of fused-ring (bicyclic) bond motifs is 2. The van der Waals surface area contributed by atoms with Crippen molar-refractivity contribution in [2.75, 3.05) is 51.2 Å². The van der Waals surface area contributed by atoms with Crippen LogP contribution in [0, 0.1) is 0 Å². The maximum atomic E-state index is 4.90. The van der Waals surface area contributed by atoms with E-state index in [0.29, 0.717) is 0 Å². The molecule has 0 amide bonds. The monoisotopic (exact) mass is 346 g/mol. The number of nitrogens with zero attached hydrogens (tertiary/aromatic N) is 4. The van der Waals surface area contributed by atoms with Gasteiger partial charge in [-0.1, -0.05) is 24.3 Å². The quantitative estimate of drug-likeness (QED) is 0.676. The Hall–Kier alpha value is -2.17. The summed E-state index contributed by atoms with van der Waals surface area (Å²) in [6.45, 7) is 8.16. The fourth-order valence-electron chi connectivity index (χ4n) is 4.48. The van der Waals surface area contributed by atoms with E-state index in [0.717, 1.165) is 24.1 Å². The molecule has 26 heavy (non-hydrogen) atoms. The van der Waals surface area contributed by atoms with Crippen molar-refractivity contribution < 1.29 is 0 Å². The van der Waals surface area contributed by atoms with E-state index in [2.05, 4.69) is 64.2 Å². The van der Waals surface area contributed by atoms with Crippen molar-refractivity contribution in [1.82, 2.24) is 14.8 Å². The lowest BCUT2D eigenvalue weighted by Crippen LogP contribution is -2.45. The van der Waals surface area contributed by atoms with Gasteiger partial charge in [0.15, 0.2) is 0 Å². The Morgan fingerprint density at radius 1 is 0.885 bits per heavy atom. The Labute approximate surface area is 155 Å². The Morgan fingerprint density at radius 2 is 1.69 bits per heavy atom. The minimum absolute atomic E-state index is 1.02. The summed E-state index contributed by atoms with van der Waals surface area (Å²) >= 11 is 0. The number of hydrogen-bond donors (Lipinski definition) is 0. The second-order valence-corrected chi connectivity index (χ2v) is 7.70. The molecule has 0 atom stereocenters. The van der Waals surface area contributed by atoms with Gasteiger partial charge in [0.2, 0.25) is 0 Å². The number of piperazine rings is 1. The summed E-state index contributed by atoms with van der Waals surface area (Å²) < 4.78 is 0. The highest BCUT2D eigenvalue weighted by atomic mass is 15.2. The lowest BCUT2D eigenvalue weighted by atomic mass is 10.0. The van der Waals surface area contributed by atoms with E-state index in [1.807, 2.05) is 0 Å². The second kappa shape index (κ2) is 6.53. The third kappa shape index (κ3) is 2.74. The fourth-order valence-corrected chi connectivity index (χ4v) is 4.48. The number of anilines is 1. The van der Waals surface area contributed by atoms with Crippen LogP contribution >= 0.6 is 0 Å². The molecular weight excluding hydrogens is 320 g/mol. The summed E-state index contributed by atoms with van der Waals surface area (Å²) in [5.41, 5.74) is 5.08. The minimum Gasteiger partial charge on any atom is -0.367 e. The Balaban J connectivity index is 1.36. The lowest BCUT2D eigenvalue weighted by molar-refractivity contribution is 0.153. The predicted octanol–water partition coefficient (Wildman–Crippen LogP) is 3.35. The average Bonchev–Trinajstić information content (AvgIpc) is 3.04. The summed E-state index contributed by atoms with van der Waals surface area (Å²) in [6, 6.07) is 15.1. The van der Waals surface area contributed by atoms with E-state index >= 15 is 0 Å². The van der Waals surface area contributed by atoms with Crippen molar-refractivity contribution in [3.63, 3.8) is 0 Å². The van der Waals surface area contributed by atoms with Crippen molar-refractivity contribution in [2.24, 2.45) is 0 Å². The van der Waals surface area contributed by atoms with Crippen LogP contribution in [0.3, 0.4) is 0 Å². The number of hydrogen-bond acceptors (Lipinski definition) is 4. The molecule has 2 aliphatic rings. The summed E-state index contributed by atoms with van der Waals surface area (Å²) in [5.74, 6) is 0. The molecule has 5 rings (SSSR count). The van der Waals surface area contributed by atoms with Gasteiger partial charge in [-0.15, -0.1) is 0 Å². The molecule has 0 N–H and O–H groups in total. The SMILES string of the molecule is CN1CCN(CCCN2Cc3c4ccccc4nc4cccc2c34)CC1. The van der Waals surface area contributed by atoms with Crippen molar-refractivity contribution >= 4 is 27.5 Å². The normalized spacial score (nSPS) is 18.3. The smallest absolute Gasteiger partial charge is 0.0734 e. The van der Waals surface area contributed by atoms with E-state index in [1.165, 1.54) is 61.2 Å². The highest BCUT2D eigenvalue weighted by Crippen LogP contribution is 2.40. The zero-order chi connectivity index (χ0) is 17.5. The van der Waals surface area contributed by atoms with Crippen molar-refractivity contribution in [2.45, 2.75) is 13.0 Å². The van der Waals surface area contributed by atoms with E-state index in [9.17, 15) is 0 Å². The Bertz CT molecular complexity index is 943. The van der Waals surface area contributed by atoms with Gasteiger partial charge in [0, 0.05) is 55.7 Å². The first-order valence-corrected chi connectivity index (χ1v) is 9.76. The van der Waals surface area contributed by atoms with Crippen LogP contribution in [0.5, 0.6) is 0 Å². The van der Waals surface area contributed by atoms with Crippen molar-refractivity contribution in [3.05, 3.63) is 48.0 Å². The van der Waals surface area contributed by atoms with Crippen LogP contribution in [0.4, 0.5) is 5.69 Å². The van der Waals surface area contributed by atoms with Gasteiger partial charge in [-0.3, -0.25) is 0 Å². The first kappa shape index (κ1) is 16.0. The van der Waals surface area contributed by atoms with Crippen LogP contribution in [-0.2, 0) is 6.54 Å². The van der Waals surface area contributed by atoms with E-state index < -0.39 is 0 Å². The molecule has 3 heterocycles. The summed E-state index contributed by atoms with van der Waals surface area (Å²) in [7, 11) is 2.22. The van der Waals surface area contributed by atoms with Gasteiger partial charge in [-0.25, -0.2) is 4.98 Å². The number of aromatic nitrogens is 1. The zero-order valence-corrected chi connectivity index (χ0v) is 15.5. The Morgan fingerprint density at radius 3 is 2.58 bits per heavy atom. The van der Waals surface area contributed by atoms with Crippen LogP contribution in [0.25, 0.3) is 21.8 Å². The zero-order valence-electron chi connectivity index (χ0n) is 15.5. The van der Waals surface area contributed by atoms with Gasteiger partial charge in [0.05, 0.1) is 11.0 Å².